The Morgan fingerprint density at radius 1 is 0.653 bits per heavy atom. The fourth-order valence-electron chi connectivity index (χ4n) is 8.89. The maximum absolute atomic E-state index is 12.4. The second-order valence-electron chi connectivity index (χ2n) is 18.1. The van der Waals surface area contributed by atoms with E-state index in [4.69, 9.17) is 41.9 Å². The number of fused-ring (bicyclic) bond motifs is 2. The zero-order valence-corrected chi connectivity index (χ0v) is 42.6. The molecule has 8 atom stereocenters. The van der Waals surface area contributed by atoms with Gasteiger partial charge in [0.05, 0.1) is 25.9 Å². The average molecular weight is 1140 g/mol. The number of amides is 2. The van der Waals surface area contributed by atoms with Crippen molar-refractivity contribution in [3.63, 3.8) is 0 Å². The Morgan fingerprint density at radius 3 is 1.53 bits per heavy atom. The number of halogens is 1. The van der Waals surface area contributed by atoms with E-state index < -0.39 is 62.3 Å². The molecule has 4 aliphatic heterocycles. The summed E-state index contributed by atoms with van der Waals surface area (Å²) in [4.78, 5) is 52.9. The van der Waals surface area contributed by atoms with Crippen molar-refractivity contribution in [3.05, 3.63) is 83.0 Å². The molecule has 4 saturated heterocycles. The maximum atomic E-state index is 12.4. The SMILES string of the molecule is C#CCC1CCN(C(=O)Oc2ccccc2)CC1.Nc1nc(C#CCC2CCN(C(=O)Oc3ccccc3)CC2)nc2c1ncn2[C@@H]1O[C@H](CO)C(O)[C@@H]1O.Nc1nc(I)nc2c1ncn2[C@@H]1O[C@H](CO)C(O)[C@@H]1O. The van der Waals surface area contributed by atoms with E-state index in [1.54, 1.807) is 34.1 Å². The first-order chi connectivity index (χ1) is 36.3. The van der Waals surface area contributed by atoms with E-state index in [1.807, 2.05) is 59.0 Å². The van der Waals surface area contributed by atoms with Gasteiger partial charge >= 0.3 is 12.2 Å². The number of para-hydroxylation sites is 2. The number of carbonyl (C=O) groups excluding carboxylic acids is 2. The third-order valence-electron chi connectivity index (χ3n) is 13.1. The summed E-state index contributed by atoms with van der Waals surface area (Å²) in [6, 6.07) is 18.1. The number of anilines is 2. The van der Waals surface area contributed by atoms with Gasteiger partial charge in [-0.3, -0.25) is 9.13 Å². The molecule has 0 aliphatic carbocycles. The molecule has 0 bridgehead atoms. The third-order valence-corrected chi connectivity index (χ3v) is 13.6. The van der Waals surface area contributed by atoms with Gasteiger partial charge in [0.1, 0.15) is 59.2 Å². The maximum Gasteiger partial charge on any atom is 0.415 e. The Kier molecular flexibility index (Phi) is 18.3. The Bertz CT molecular complexity index is 2990. The molecule has 0 saturated carbocycles. The van der Waals surface area contributed by atoms with Gasteiger partial charge < -0.3 is 70.9 Å². The minimum Gasteiger partial charge on any atom is -0.410 e. The Morgan fingerprint density at radius 2 is 1.09 bits per heavy atom. The first-order valence-corrected chi connectivity index (χ1v) is 25.2. The van der Waals surface area contributed by atoms with Gasteiger partial charge in [0.2, 0.25) is 5.82 Å². The van der Waals surface area contributed by atoms with Crippen LogP contribution in [-0.2, 0) is 9.47 Å². The molecule has 2 aromatic carbocycles. The van der Waals surface area contributed by atoms with Crippen LogP contribution in [-0.4, -0.2) is 168 Å². The van der Waals surface area contributed by atoms with Crippen molar-refractivity contribution >= 4 is 68.7 Å². The molecule has 6 aromatic rings. The second kappa shape index (κ2) is 25.2. The molecule has 4 aliphatic rings. The monoisotopic (exact) mass is 1140 g/mol. The summed E-state index contributed by atoms with van der Waals surface area (Å²) >= 11 is 1.92. The van der Waals surface area contributed by atoms with Crippen LogP contribution in [0.5, 0.6) is 11.5 Å². The van der Waals surface area contributed by atoms with Gasteiger partial charge in [-0.2, -0.15) is 0 Å². The van der Waals surface area contributed by atoms with Gasteiger partial charge in [-0.05, 0) is 67.7 Å². The van der Waals surface area contributed by atoms with E-state index in [0.29, 0.717) is 69.0 Å². The van der Waals surface area contributed by atoms with E-state index in [1.165, 1.54) is 21.8 Å². The largest absolute Gasteiger partial charge is 0.415 e. The fraction of sp³-hybridized carbons (Fsp3) is 0.440. The number of rotatable bonds is 8. The molecule has 2 amide bonds. The number of nitrogens with two attached hydrogens (primary N) is 2. The van der Waals surface area contributed by atoms with Gasteiger partial charge in [0, 0.05) is 61.6 Å². The predicted molar refractivity (Wildman–Crippen MR) is 277 cm³/mol. The van der Waals surface area contributed by atoms with Gasteiger partial charge in [-0.1, -0.05) is 42.3 Å². The number of carbonyl (C=O) groups is 2. The zero-order chi connectivity index (χ0) is 53.2. The van der Waals surface area contributed by atoms with Crippen molar-refractivity contribution in [2.45, 2.75) is 87.6 Å². The molecule has 75 heavy (non-hydrogen) atoms. The van der Waals surface area contributed by atoms with E-state index in [0.717, 1.165) is 45.2 Å². The van der Waals surface area contributed by atoms with Gasteiger partial charge in [0.15, 0.2) is 39.2 Å². The van der Waals surface area contributed by atoms with Crippen LogP contribution in [0.15, 0.2) is 73.3 Å². The zero-order valence-electron chi connectivity index (χ0n) is 40.4. The number of likely N-dealkylation sites (tertiary alicyclic amines) is 2. The lowest BCUT2D eigenvalue weighted by Gasteiger charge is -2.30. The van der Waals surface area contributed by atoms with E-state index in [2.05, 4.69) is 47.7 Å². The van der Waals surface area contributed by atoms with Crippen LogP contribution in [0.1, 0.15) is 56.8 Å². The van der Waals surface area contributed by atoms with Crippen LogP contribution in [0.4, 0.5) is 21.2 Å². The smallest absolute Gasteiger partial charge is 0.410 e. The van der Waals surface area contributed by atoms with Crippen LogP contribution in [0, 0.1) is 39.9 Å². The lowest BCUT2D eigenvalue weighted by Crippen LogP contribution is -2.40. The fourth-order valence-corrected chi connectivity index (χ4v) is 9.37. The van der Waals surface area contributed by atoms with Gasteiger partial charge in [-0.25, -0.2) is 39.5 Å². The molecule has 0 radical (unpaired) electrons. The quantitative estimate of drug-likeness (QED) is 0.0615. The van der Waals surface area contributed by atoms with Crippen LogP contribution in [0.25, 0.3) is 22.3 Å². The summed E-state index contributed by atoms with van der Waals surface area (Å²) in [5, 5.41) is 58.7. The number of ether oxygens (including phenoxy) is 4. The molecule has 24 nitrogen and oxygen atoms in total. The first-order valence-electron chi connectivity index (χ1n) is 24.1. The Balaban J connectivity index is 0.000000165. The van der Waals surface area contributed by atoms with Crippen molar-refractivity contribution in [1.29, 1.82) is 0 Å². The van der Waals surface area contributed by atoms with Gasteiger partial charge in [0.25, 0.3) is 0 Å². The number of benzene rings is 2. The number of imidazole rings is 2. The minimum absolute atomic E-state index is 0.130. The highest BCUT2D eigenvalue weighted by molar-refractivity contribution is 14.1. The average Bonchev–Trinajstić information content (AvgIpc) is 4.19. The number of piperidine rings is 2. The summed E-state index contributed by atoms with van der Waals surface area (Å²) in [5.74, 6) is 11.3. The normalized spacial score (nSPS) is 23.8. The summed E-state index contributed by atoms with van der Waals surface area (Å²) in [6.07, 6.45) is 3.87. The molecule has 8 heterocycles. The number of aromatic nitrogens is 8. The summed E-state index contributed by atoms with van der Waals surface area (Å²) in [6.45, 7) is 1.82. The van der Waals surface area contributed by atoms with Gasteiger partial charge in [-0.15, -0.1) is 12.3 Å². The van der Waals surface area contributed by atoms with Crippen molar-refractivity contribution in [2.24, 2.45) is 11.8 Å². The molecule has 4 fully saturated rings. The molecule has 2 unspecified atom stereocenters. The predicted octanol–water partition coefficient (Wildman–Crippen LogP) is 2.22. The van der Waals surface area contributed by atoms with Crippen molar-refractivity contribution < 1.29 is 59.2 Å². The molecule has 396 valence electrons. The number of terminal acetylenes is 1. The van der Waals surface area contributed by atoms with Crippen LogP contribution < -0.4 is 20.9 Å². The van der Waals surface area contributed by atoms with Crippen LogP contribution >= 0.6 is 22.6 Å². The Hall–Kier alpha value is -6.79. The number of nitrogen functional groups attached to an aromatic ring is 2. The third kappa shape index (κ3) is 13.0. The lowest BCUT2D eigenvalue weighted by atomic mass is 9.94. The molecule has 0 spiro atoms. The minimum atomic E-state index is -1.28. The number of aliphatic hydroxyl groups excluding tert-OH is 6. The standard InChI is InChI=1S/C25H28N6O6.C15H17NO2.C10H12IN5O4/c26-22-19-23(31(14-27-19)24-21(34)20(33)17(13-32)37-24)29-18(28-22)8-4-5-15-9-11-30(12-10-15)25(35)36-16-6-2-1-3-7-16;1-2-6-13-9-11-16(12-10-13)15(17)18-14-7-4-3-5-8-14;11-10-14-7(12)4-8(15-10)16(2-13-4)9-6(19)5(18)3(1-17)20-9/h1-3,6-7,14-15,17,20-21,24,32-34H,5,9-13H2,(H2,26,28,29);1,3-5,7-8,13H,6,9-12H2;2-3,5-6,9,17-19H,1H2,(H2,12,14,15)/t17-,20?,21+,24-;;3-,5?,6+,9-/m1.1/s1. The Labute approximate surface area is 443 Å². The number of hydrogen-bond donors (Lipinski definition) is 8. The van der Waals surface area contributed by atoms with Crippen molar-refractivity contribution in [3.8, 4) is 35.7 Å². The molecule has 10 rings (SSSR count). The summed E-state index contributed by atoms with van der Waals surface area (Å²) < 4.78 is 25.1. The lowest BCUT2D eigenvalue weighted by molar-refractivity contribution is -0.0511. The van der Waals surface area contributed by atoms with Crippen molar-refractivity contribution in [2.75, 3.05) is 50.9 Å². The molecule has 25 heteroatoms. The number of hydrogen-bond acceptors (Lipinski definition) is 20. The van der Waals surface area contributed by atoms with Crippen LogP contribution in [0.3, 0.4) is 0 Å². The number of aliphatic hydroxyl groups is 6. The van der Waals surface area contributed by atoms with E-state index >= 15 is 0 Å². The van der Waals surface area contributed by atoms with Crippen LogP contribution in [0.2, 0.25) is 0 Å². The summed E-state index contributed by atoms with van der Waals surface area (Å²) in [7, 11) is 0. The number of nitrogens with zero attached hydrogens (tertiary/aromatic N) is 10. The van der Waals surface area contributed by atoms with E-state index in [9.17, 15) is 35.1 Å². The highest BCUT2D eigenvalue weighted by Gasteiger charge is 2.45. The molecule has 10 N–H and O–H groups in total. The summed E-state index contributed by atoms with van der Waals surface area (Å²) in [5.41, 5.74) is 13.2. The highest BCUT2D eigenvalue weighted by Crippen LogP contribution is 2.34. The molecular weight excluding hydrogens is 1090 g/mol. The topological polar surface area (TPSA) is 338 Å². The molecule has 4 aromatic heterocycles. The molecular formula is C50H57IN12O12. The van der Waals surface area contributed by atoms with Crippen molar-refractivity contribution in [1.82, 2.24) is 48.8 Å². The first kappa shape index (κ1) is 54.5. The highest BCUT2D eigenvalue weighted by atomic mass is 127. The second-order valence-corrected chi connectivity index (χ2v) is 19.0. The van der Waals surface area contributed by atoms with E-state index in [-0.39, 0.29) is 29.6 Å².